The minimum Gasteiger partial charge on any atom is -0.365 e. The van der Waals surface area contributed by atoms with E-state index in [4.69, 9.17) is 11.6 Å². The van der Waals surface area contributed by atoms with Crippen LogP contribution in [0.15, 0.2) is 47.9 Å². The molecule has 0 bridgehead atoms. The molecule has 7 nitrogen and oxygen atoms in total. The highest BCUT2D eigenvalue weighted by atomic mass is 35.5. The number of hydrogen-bond donors (Lipinski definition) is 3. The van der Waals surface area contributed by atoms with Gasteiger partial charge in [0.15, 0.2) is 5.82 Å². The highest BCUT2D eigenvalue weighted by Crippen LogP contribution is 2.09. The smallest absolute Gasteiger partial charge is 0.275 e. The third kappa shape index (κ3) is 5.58. The SMILES string of the molecule is O=[N+]([O-])/C=C(/NCCc1cccs1)NNc1ccc(Cl)cn1. The van der Waals surface area contributed by atoms with Gasteiger partial charge in [0.1, 0.15) is 5.82 Å². The van der Waals surface area contributed by atoms with E-state index in [1.807, 2.05) is 17.5 Å². The first-order chi connectivity index (χ1) is 10.6. The lowest BCUT2D eigenvalue weighted by Gasteiger charge is -2.12. The average molecular weight is 340 g/mol. The third-order valence-corrected chi connectivity index (χ3v) is 3.71. The summed E-state index contributed by atoms with van der Waals surface area (Å²) in [7, 11) is 0. The van der Waals surface area contributed by atoms with Gasteiger partial charge in [0.25, 0.3) is 6.20 Å². The molecule has 2 aromatic rings. The number of aromatic nitrogens is 1. The van der Waals surface area contributed by atoms with Crippen molar-refractivity contribution in [1.29, 1.82) is 0 Å². The fourth-order valence-electron chi connectivity index (χ4n) is 1.58. The molecule has 0 saturated carbocycles. The molecule has 0 atom stereocenters. The third-order valence-electron chi connectivity index (χ3n) is 2.55. The maximum absolute atomic E-state index is 10.6. The van der Waals surface area contributed by atoms with Crippen LogP contribution in [0.2, 0.25) is 5.02 Å². The van der Waals surface area contributed by atoms with E-state index in [1.54, 1.807) is 23.5 Å². The first-order valence-corrected chi connectivity index (χ1v) is 7.64. The first kappa shape index (κ1) is 16.1. The summed E-state index contributed by atoms with van der Waals surface area (Å²) in [6.07, 6.45) is 3.12. The maximum Gasteiger partial charge on any atom is 0.275 e. The quantitative estimate of drug-likeness (QED) is 0.506. The molecule has 0 saturated heterocycles. The minimum atomic E-state index is -0.530. The number of halogens is 1. The van der Waals surface area contributed by atoms with Gasteiger partial charge in [-0.1, -0.05) is 17.7 Å². The van der Waals surface area contributed by atoms with Crippen LogP contribution >= 0.6 is 22.9 Å². The summed E-state index contributed by atoms with van der Waals surface area (Å²) in [6.45, 7) is 0.572. The number of nitrogens with zero attached hydrogens (tertiary/aromatic N) is 2. The molecular formula is C13H14ClN5O2S. The predicted molar refractivity (Wildman–Crippen MR) is 87.1 cm³/mol. The molecule has 0 aliphatic heterocycles. The fraction of sp³-hybridized carbons (Fsp3) is 0.154. The van der Waals surface area contributed by atoms with Crippen molar-refractivity contribution in [3.8, 4) is 0 Å². The van der Waals surface area contributed by atoms with Crippen molar-refractivity contribution in [1.82, 2.24) is 15.7 Å². The van der Waals surface area contributed by atoms with Gasteiger partial charge >= 0.3 is 0 Å². The van der Waals surface area contributed by atoms with Crippen LogP contribution in [0.1, 0.15) is 4.88 Å². The largest absolute Gasteiger partial charge is 0.365 e. The minimum absolute atomic E-state index is 0.248. The molecule has 0 aromatic carbocycles. The second-order valence-electron chi connectivity index (χ2n) is 4.20. The molecule has 0 unspecified atom stereocenters. The Kier molecular flexibility index (Phi) is 5.99. The molecule has 3 N–H and O–H groups in total. The van der Waals surface area contributed by atoms with Crippen molar-refractivity contribution in [2.75, 3.05) is 12.0 Å². The number of thiophene rings is 1. The maximum atomic E-state index is 10.6. The van der Waals surface area contributed by atoms with Gasteiger partial charge in [0.2, 0.25) is 0 Å². The molecule has 116 valence electrons. The van der Waals surface area contributed by atoms with E-state index < -0.39 is 4.92 Å². The topological polar surface area (TPSA) is 92.1 Å². The van der Waals surface area contributed by atoms with Crippen LogP contribution < -0.4 is 16.2 Å². The summed E-state index contributed by atoms with van der Waals surface area (Å²) in [5, 5.41) is 16.1. The van der Waals surface area contributed by atoms with Crippen LogP contribution in [0.25, 0.3) is 0 Å². The number of rotatable bonds is 8. The summed E-state index contributed by atoms with van der Waals surface area (Å²) >= 11 is 7.39. The molecule has 9 heteroatoms. The van der Waals surface area contributed by atoms with Gasteiger partial charge in [-0.2, -0.15) is 0 Å². The van der Waals surface area contributed by atoms with E-state index in [-0.39, 0.29) is 5.82 Å². The molecule has 0 radical (unpaired) electrons. The van der Waals surface area contributed by atoms with Gasteiger partial charge in [-0.15, -0.1) is 11.3 Å². The highest BCUT2D eigenvalue weighted by molar-refractivity contribution is 7.09. The zero-order valence-corrected chi connectivity index (χ0v) is 13.0. The molecule has 22 heavy (non-hydrogen) atoms. The Morgan fingerprint density at radius 2 is 2.32 bits per heavy atom. The van der Waals surface area contributed by atoms with E-state index >= 15 is 0 Å². The normalized spacial score (nSPS) is 11.0. The van der Waals surface area contributed by atoms with Crippen LogP contribution in [0.3, 0.4) is 0 Å². The van der Waals surface area contributed by atoms with Crippen molar-refractivity contribution >= 4 is 28.8 Å². The van der Waals surface area contributed by atoms with E-state index in [9.17, 15) is 10.1 Å². The Labute approximate surface area is 136 Å². The summed E-state index contributed by atoms with van der Waals surface area (Å²) in [5.41, 5.74) is 5.49. The molecule has 0 aliphatic carbocycles. The lowest BCUT2D eigenvalue weighted by Crippen LogP contribution is -2.32. The molecule has 2 aromatic heterocycles. The number of nitro groups is 1. The van der Waals surface area contributed by atoms with Gasteiger partial charge in [0.05, 0.1) is 9.95 Å². The monoisotopic (exact) mass is 339 g/mol. The van der Waals surface area contributed by atoms with Crippen LogP contribution in [-0.2, 0) is 6.42 Å². The summed E-state index contributed by atoms with van der Waals surface area (Å²) in [4.78, 5) is 15.3. The average Bonchev–Trinajstić information content (AvgIpc) is 2.99. The van der Waals surface area contributed by atoms with Gasteiger partial charge in [0, 0.05) is 17.6 Å². The number of anilines is 1. The van der Waals surface area contributed by atoms with Crippen molar-refractivity contribution in [2.45, 2.75) is 6.42 Å². The van der Waals surface area contributed by atoms with Gasteiger partial charge < -0.3 is 5.32 Å². The van der Waals surface area contributed by atoms with E-state index in [0.29, 0.717) is 17.4 Å². The second kappa shape index (κ2) is 8.20. The second-order valence-corrected chi connectivity index (χ2v) is 5.66. The first-order valence-electron chi connectivity index (χ1n) is 6.38. The summed E-state index contributed by atoms with van der Waals surface area (Å²) in [6, 6.07) is 7.32. The highest BCUT2D eigenvalue weighted by Gasteiger charge is 2.03. The summed E-state index contributed by atoms with van der Waals surface area (Å²) in [5.74, 6) is 0.747. The van der Waals surface area contributed by atoms with Gasteiger partial charge in [-0.25, -0.2) is 4.98 Å². The lowest BCUT2D eigenvalue weighted by molar-refractivity contribution is -0.404. The Hall–Kier alpha value is -2.32. The van der Waals surface area contributed by atoms with E-state index in [1.165, 1.54) is 11.1 Å². The molecule has 0 amide bonds. The van der Waals surface area contributed by atoms with Crippen LogP contribution in [-0.4, -0.2) is 16.5 Å². The number of nitrogens with one attached hydrogen (secondary N) is 3. The van der Waals surface area contributed by atoms with Gasteiger partial charge in [-0.3, -0.25) is 21.0 Å². The fourth-order valence-corrected chi connectivity index (χ4v) is 2.40. The van der Waals surface area contributed by atoms with Crippen molar-refractivity contribution in [3.05, 3.63) is 67.9 Å². The Morgan fingerprint density at radius 3 is 2.95 bits per heavy atom. The Bertz CT molecular complexity index is 630. The van der Waals surface area contributed by atoms with E-state index in [0.717, 1.165) is 12.6 Å². The Morgan fingerprint density at radius 1 is 1.45 bits per heavy atom. The standard InChI is InChI=1S/C13H14ClN5O2S/c14-10-3-4-12(16-8-10)17-18-13(9-19(20)21)15-6-5-11-2-1-7-22-11/h1-4,7-9,15,18H,5-6H2,(H,16,17)/b13-9-. The number of hydrazine groups is 1. The number of pyridine rings is 1. The van der Waals surface area contributed by atoms with E-state index in [2.05, 4.69) is 21.2 Å². The predicted octanol–water partition coefficient (Wildman–Crippen LogP) is 2.62. The Balaban J connectivity index is 1.86. The molecule has 2 heterocycles. The van der Waals surface area contributed by atoms with Crippen LogP contribution in [0, 0.1) is 10.1 Å². The van der Waals surface area contributed by atoms with Crippen molar-refractivity contribution in [3.63, 3.8) is 0 Å². The van der Waals surface area contributed by atoms with Gasteiger partial charge in [-0.05, 0) is 30.0 Å². The lowest BCUT2D eigenvalue weighted by atomic mass is 10.3. The zero-order chi connectivity index (χ0) is 15.8. The van der Waals surface area contributed by atoms with Crippen molar-refractivity contribution < 1.29 is 4.92 Å². The molecule has 0 fully saturated rings. The van der Waals surface area contributed by atoms with Crippen LogP contribution in [0.4, 0.5) is 5.82 Å². The van der Waals surface area contributed by atoms with Crippen molar-refractivity contribution in [2.24, 2.45) is 0 Å². The molecule has 0 spiro atoms. The van der Waals surface area contributed by atoms with Crippen LogP contribution in [0.5, 0.6) is 0 Å². The molecule has 2 rings (SSSR count). The summed E-state index contributed by atoms with van der Waals surface area (Å²) < 4.78 is 0. The zero-order valence-electron chi connectivity index (χ0n) is 11.5. The molecule has 0 aliphatic rings. The number of hydrogen-bond acceptors (Lipinski definition) is 7. The molecular weight excluding hydrogens is 326 g/mol.